The van der Waals surface area contributed by atoms with E-state index in [2.05, 4.69) is 34.6 Å². The first-order valence-corrected chi connectivity index (χ1v) is 12.6. The topological polar surface area (TPSA) is 74.6 Å². The number of fused-ring (bicyclic) bond motifs is 5. The molecule has 0 aromatic rings. The van der Waals surface area contributed by atoms with Gasteiger partial charge in [-0.1, -0.05) is 34.6 Å². The van der Waals surface area contributed by atoms with Crippen LogP contribution in [0, 0.1) is 40.4 Å². The molecule has 0 aromatic heterocycles. The first-order chi connectivity index (χ1) is 14.4. The van der Waals surface area contributed by atoms with Crippen LogP contribution in [0.2, 0.25) is 0 Å². The molecule has 2 N–H and O–H groups in total. The highest BCUT2D eigenvalue weighted by molar-refractivity contribution is 5.95. The Labute approximate surface area is 187 Å². The number of hydrogen-bond acceptors (Lipinski definition) is 4. The maximum Gasteiger partial charge on any atom is 0.159 e. The summed E-state index contributed by atoms with van der Waals surface area (Å²) in [5.41, 5.74) is -0.412. The number of aliphatic hydroxyl groups excluding tert-OH is 1. The van der Waals surface area contributed by atoms with E-state index in [9.17, 15) is 19.8 Å². The molecular weight excluding hydrogens is 388 g/mol. The van der Waals surface area contributed by atoms with Gasteiger partial charge in [-0.15, -0.1) is 0 Å². The van der Waals surface area contributed by atoms with Crippen molar-refractivity contribution in [3.05, 3.63) is 11.6 Å². The Kier molecular flexibility index (Phi) is 5.83. The quantitative estimate of drug-likeness (QED) is 0.653. The molecule has 8 atom stereocenters. The zero-order valence-electron chi connectivity index (χ0n) is 20.1. The fourth-order valence-electron chi connectivity index (χ4n) is 8.30. The van der Waals surface area contributed by atoms with Gasteiger partial charge >= 0.3 is 0 Å². The summed E-state index contributed by atoms with van der Waals surface area (Å²) in [6.45, 7) is 10.9. The van der Waals surface area contributed by atoms with Crippen molar-refractivity contribution in [1.82, 2.24) is 0 Å². The summed E-state index contributed by atoms with van der Waals surface area (Å²) >= 11 is 0. The van der Waals surface area contributed by atoms with Crippen LogP contribution in [0.5, 0.6) is 0 Å². The third-order valence-corrected chi connectivity index (χ3v) is 10.0. The van der Waals surface area contributed by atoms with Gasteiger partial charge < -0.3 is 10.2 Å². The average molecular weight is 431 g/mol. The maximum absolute atomic E-state index is 13.2. The summed E-state index contributed by atoms with van der Waals surface area (Å²) in [6, 6.07) is 0. The SMILES string of the molecule is CC(C)CC(=O)C[C@@H](C)[C@H]1CC[C@H]2C3=CC(=O)C4C[C@@H](O)CC[C@]4(C)[C@@]3(O)CC[C@]12C. The van der Waals surface area contributed by atoms with Gasteiger partial charge in [-0.2, -0.15) is 0 Å². The zero-order chi connectivity index (χ0) is 22.8. The van der Waals surface area contributed by atoms with Crippen molar-refractivity contribution in [3.63, 3.8) is 0 Å². The van der Waals surface area contributed by atoms with Crippen molar-refractivity contribution in [2.45, 2.75) is 104 Å². The molecule has 0 amide bonds. The summed E-state index contributed by atoms with van der Waals surface area (Å²) < 4.78 is 0. The lowest BCUT2D eigenvalue weighted by molar-refractivity contribution is -0.166. The Morgan fingerprint density at radius 1 is 1.06 bits per heavy atom. The number of carbonyl (C=O) groups is 2. The van der Waals surface area contributed by atoms with Crippen LogP contribution in [0.25, 0.3) is 0 Å². The Balaban J connectivity index is 1.61. The van der Waals surface area contributed by atoms with E-state index >= 15 is 0 Å². The van der Waals surface area contributed by atoms with Gasteiger partial charge in [-0.25, -0.2) is 0 Å². The second kappa shape index (κ2) is 7.80. The molecule has 0 aromatic carbocycles. The maximum atomic E-state index is 13.2. The molecule has 4 heteroatoms. The Morgan fingerprint density at radius 3 is 2.45 bits per heavy atom. The van der Waals surface area contributed by atoms with Gasteiger partial charge in [-0.05, 0) is 85.7 Å². The second-order valence-electron chi connectivity index (χ2n) is 12.3. The fourth-order valence-corrected chi connectivity index (χ4v) is 8.30. The van der Waals surface area contributed by atoms with Gasteiger partial charge in [0.2, 0.25) is 0 Å². The van der Waals surface area contributed by atoms with E-state index in [1.54, 1.807) is 6.08 Å². The summed E-state index contributed by atoms with van der Waals surface area (Å²) in [4.78, 5) is 25.7. The van der Waals surface area contributed by atoms with Gasteiger partial charge in [0.1, 0.15) is 5.78 Å². The van der Waals surface area contributed by atoms with E-state index < -0.39 is 17.1 Å². The molecule has 3 fully saturated rings. The molecule has 4 nitrogen and oxygen atoms in total. The molecule has 0 radical (unpaired) electrons. The Morgan fingerprint density at radius 2 is 1.77 bits per heavy atom. The standard InChI is InChI=1S/C27H42O4/c1-16(2)12-19(29)13-17(3)20-6-7-21-22-15-24(30)23-14-18(28)8-9-26(23,5)27(22,31)11-10-25(20,21)4/h15-18,20-21,23,28,31H,6-14H2,1-5H3/t17-,18+,20-,21+,23?,25-,26+,27-/m1/s1. The van der Waals surface area contributed by atoms with Crippen molar-refractivity contribution < 1.29 is 19.8 Å². The summed E-state index contributed by atoms with van der Waals surface area (Å²) in [5, 5.41) is 22.3. The minimum Gasteiger partial charge on any atom is -0.393 e. The van der Waals surface area contributed by atoms with Crippen LogP contribution in [0.3, 0.4) is 0 Å². The summed E-state index contributed by atoms with van der Waals surface area (Å²) in [6.07, 6.45) is 8.17. The van der Waals surface area contributed by atoms with E-state index in [4.69, 9.17) is 0 Å². The number of Topliss-reactive ketones (excluding diaryl/α,β-unsaturated/α-hetero) is 1. The minimum absolute atomic E-state index is 0.0350. The number of rotatable bonds is 5. The van der Waals surface area contributed by atoms with Crippen molar-refractivity contribution in [2.24, 2.45) is 40.4 Å². The molecule has 0 heterocycles. The molecule has 3 saturated carbocycles. The van der Waals surface area contributed by atoms with Crippen molar-refractivity contribution >= 4 is 11.6 Å². The van der Waals surface area contributed by atoms with E-state index in [0.717, 1.165) is 24.8 Å². The predicted molar refractivity (Wildman–Crippen MR) is 121 cm³/mol. The van der Waals surface area contributed by atoms with Crippen molar-refractivity contribution in [2.75, 3.05) is 0 Å². The third-order valence-electron chi connectivity index (χ3n) is 10.0. The van der Waals surface area contributed by atoms with Crippen LogP contribution < -0.4 is 0 Å². The molecule has 4 aliphatic carbocycles. The van der Waals surface area contributed by atoms with Crippen molar-refractivity contribution in [1.29, 1.82) is 0 Å². The van der Waals surface area contributed by atoms with E-state index in [1.807, 2.05) is 0 Å². The largest absolute Gasteiger partial charge is 0.393 e. The highest BCUT2D eigenvalue weighted by atomic mass is 16.3. The highest BCUT2D eigenvalue weighted by Crippen LogP contribution is 2.67. The zero-order valence-corrected chi connectivity index (χ0v) is 20.1. The predicted octanol–water partition coefficient (Wildman–Crippen LogP) is 4.86. The number of ketones is 2. The second-order valence-corrected chi connectivity index (χ2v) is 12.3. The smallest absolute Gasteiger partial charge is 0.159 e. The van der Waals surface area contributed by atoms with Crippen LogP contribution in [-0.2, 0) is 9.59 Å². The molecular formula is C27H42O4. The molecule has 174 valence electrons. The fraction of sp³-hybridized carbons (Fsp3) is 0.852. The molecule has 4 aliphatic rings. The van der Waals surface area contributed by atoms with Gasteiger partial charge in [0.15, 0.2) is 5.78 Å². The normalized spacial score (nSPS) is 45.5. The lowest BCUT2D eigenvalue weighted by Gasteiger charge is -2.61. The van der Waals surface area contributed by atoms with Gasteiger partial charge in [0.25, 0.3) is 0 Å². The monoisotopic (exact) mass is 430 g/mol. The number of aliphatic hydroxyl groups is 2. The van der Waals surface area contributed by atoms with E-state index in [-0.39, 0.29) is 23.0 Å². The van der Waals surface area contributed by atoms with Gasteiger partial charge in [0, 0.05) is 24.2 Å². The number of carbonyl (C=O) groups excluding carboxylic acids is 2. The van der Waals surface area contributed by atoms with Crippen LogP contribution in [0.15, 0.2) is 11.6 Å². The highest BCUT2D eigenvalue weighted by Gasteiger charge is 2.66. The van der Waals surface area contributed by atoms with Gasteiger partial charge in [-0.3, -0.25) is 9.59 Å². The molecule has 0 saturated heterocycles. The first kappa shape index (κ1) is 23.2. The molecule has 1 unspecified atom stereocenters. The Hall–Kier alpha value is -1.00. The molecule has 0 spiro atoms. The van der Waals surface area contributed by atoms with Crippen LogP contribution >= 0.6 is 0 Å². The summed E-state index contributed by atoms with van der Waals surface area (Å²) in [7, 11) is 0. The third kappa shape index (κ3) is 3.47. The molecule has 0 bridgehead atoms. The number of hydrogen-bond donors (Lipinski definition) is 2. The number of allylic oxidation sites excluding steroid dienone is 1. The Bertz CT molecular complexity index is 784. The van der Waals surface area contributed by atoms with E-state index in [1.165, 1.54) is 0 Å². The minimum atomic E-state index is -0.943. The summed E-state index contributed by atoms with van der Waals surface area (Å²) in [5.74, 6) is 1.59. The average Bonchev–Trinajstić information content (AvgIpc) is 3.02. The van der Waals surface area contributed by atoms with Crippen LogP contribution in [0.1, 0.15) is 92.4 Å². The van der Waals surface area contributed by atoms with Crippen LogP contribution in [-0.4, -0.2) is 33.5 Å². The molecule has 0 aliphatic heterocycles. The van der Waals surface area contributed by atoms with Crippen LogP contribution in [0.4, 0.5) is 0 Å². The molecule has 31 heavy (non-hydrogen) atoms. The lowest BCUT2D eigenvalue weighted by atomic mass is 9.45. The first-order valence-electron chi connectivity index (χ1n) is 12.6. The van der Waals surface area contributed by atoms with E-state index in [0.29, 0.717) is 62.1 Å². The van der Waals surface area contributed by atoms with Crippen molar-refractivity contribution in [3.8, 4) is 0 Å². The van der Waals surface area contributed by atoms with Gasteiger partial charge in [0.05, 0.1) is 11.7 Å². The lowest BCUT2D eigenvalue weighted by Crippen LogP contribution is -2.63. The molecule has 4 rings (SSSR count).